The zero-order chi connectivity index (χ0) is 19.4. The molecule has 1 aromatic heterocycles. The number of guanidine groups is 1. The van der Waals surface area contributed by atoms with Gasteiger partial charge in [0.05, 0.1) is 25.7 Å². The van der Waals surface area contributed by atoms with Crippen LogP contribution in [0.3, 0.4) is 0 Å². The number of benzene rings is 1. The van der Waals surface area contributed by atoms with Gasteiger partial charge in [0, 0.05) is 7.05 Å². The Morgan fingerprint density at radius 3 is 2.79 bits per heavy atom. The summed E-state index contributed by atoms with van der Waals surface area (Å²) in [5.41, 5.74) is 1.39. The second kappa shape index (κ2) is 6.19. The van der Waals surface area contributed by atoms with Gasteiger partial charge in [0.15, 0.2) is 11.5 Å². The molecule has 28 heavy (non-hydrogen) atoms. The van der Waals surface area contributed by atoms with E-state index in [2.05, 4.69) is 4.98 Å². The molecular formula is C20H21N5O3. The van der Waals surface area contributed by atoms with Crippen molar-refractivity contribution in [2.75, 3.05) is 19.1 Å². The third-order valence-electron chi connectivity index (χ3n) is 5.81. The third kappa shape index (κ3) is 2.30. The Kier molecular flexibility index (Phi) is 3.75. The lowest BCUT2D eigenvalue weighted by Crippen LogP contribution is -2.51. The number of anilines is 1. The molecule has 1 saturated carbocycles. The van der Waals surface area contributed by atoms with Crippen molar-refractivity contribution < 1.29 is 14.3 Å². The van der Waals surface area contributed by atoms with Crippen molar-refractivity contribution in [2.45, 2.75) is 37.9 Å². The molecule has 8 heteroatoms. The highest BCUT2D eigenvalue weighted by Crippen LogP contribution is 2.40. The summed E-state index contributed by atoms with van der Waals surface area (Å²) < 4.78 is 6.63. The molecule has 2 aromatic rings. The van der Waals surface area contributed by atoms with Crippen molar-refractivity contribution in [3.8, 4) is 0 Å². The highest BCUT2D eigenvalue weighted by Gasteiger charge is 2.49. The molecule has 2 atom stereocenters. The average molecular weight is 379 g/mol. The molecule has 0 N–H and O–H groups in total. The minimum Gasteiger partial charge on any atom is -0.463 e. The lowest BCUT2D eigenvalue weighted by atomic mass is 10.1. The summed E-state index contributed by atoms with van der Waals surface area (Å²) in [7, 11) is 3.06. The first-order chi connectivity index (χ1) is 13.6. The van der Waals surface area contributed by atoms with Gasteiger partial charge in [-0.1, -0.05) is 30.3 Å². The predicted octanol–water partition coefficient (Wildman–Crippen LogP) is 1.90. The number of rotatable bonds is 3. The zero-order valence-corrected chi connectivity index (χ0v) is 15.8. The van der Waals surface area contributed by atoms with Gasteiger partial charge in [0.25, 0.3) is 5.91 Å². The Morgan fingerprint density at radius 2 is 2.04 bits per heavy atom. The number of ether oxygens (including phenoxy) is 1. The van der Waals surface area contributed by atoms with Crippen LogP contribution >= 0.6 is 0 Å². The topological polar surface area (TPSA) is 80.0 Å². The number of fused-ring (bicyclic) bond motifs is 5. The second-order valence-electron chi connectivity index (χ2n) is 7.40. The Bertz CT molecular complexity index is 997. The number of hydrogen-bond acceptors (Lipinski definition) is 6. The molecule has 1 aliphatic carbocycles. The molecule has 3 aliphatic rings. The van der Waals surface area contributed by atoms with Crippen molar-refractivity contribution in [1.29, 1.82) is 0 Å². The van der Waals surface area contributed by atoms with Crippen molar-refractivity contribution in [1.82, 2.24) is 14.5 Å². The number of aliphatic imine (C=N–C) groups is 1. The van der Waals surface area contributed by atoms with Crippen LogP contribution in [-0.2, 0) is 11.3 Å². The SMILES string of the molecule is COC(=O)c1nc2c(n1Cc1ccccc1)C(=O)N(C)C1=N[C@@H]3CCC[C@@H]3N12. The summed E-state index contributed by atoms with van der Waals surface area (Å²) in [6.07, 6.45) is 3.11. The summed E-state index contributed by atoms with van der Waals surface area (Å²) >= 11 is 0. The lowest BCUT2D eigenvalue weighted by molar-refractivity contribution is 0.0581. The van der Waals surface area contributed by atoms with Gasteiger partial charge in [-0.15, -0.1) is 0 Å². The van der Waals surface area contributed by atoms with Crippen LogP contribution < -0.4 is 4.90 Å². The lowest BCUT2D eigenvalue weighted by Gasteiger charge is -2.34. The summed E-state index contributed by atoms with van der Waals surface area (Å²) in [5, 5.41) is 0. The van der Waals surface area contributed by atoms with E-state index in [4.69, 9.17) is 9.73 Å². The normalized spacial score (nSPS) is 22.6. The number of carbonyl (C=O) groups excluding carboxylic acids is 2. The Hall–Kier alpha value is -3.16. The molecular weight excluding hydrogens is 358 g/mol. The van der Waals surface area contributed by atoms with Gasteiger partial charge in [0.1, 0.15) is 0 Å². The standard InChI is InChI=1S/C20H21N5O3/c1-23-18(26)15-16(25-14-10-6-9-13(14)21-20(23)25)22-17(19(27)28-2)24(15)11-12-7-4-3-5-8-12/h3-5,7-8,13-14H,6,9-11H2,1-2H3/t13-,14+/m1/s1. The van der Waals surface area contributed by atoms with Crippen LogP contribution in [0.15, 0.2) is 35.3 Å². The number of amides is 1. The van der Waals surface area contributed by atoms with E-state index >= 15 is 0 Å². The van der Waals surface area contributed by atoms with E-state index in [1.54, 1.807) is 16.5 Å². The average Bonchev–Trinajstić information content (AvgIpc) is 3.39. The minimum absolute atomic E-state index is 0.140. The fraction of sp³-hybridized carbons (Fsp3) is 0.400. The smallest absolute Gasteiger partial charge is 0.374 e. The Balaban J connectivity index is 1.69. The molecule has 5 rings (SSSR count). The van der Waals surface area contributed by atoms with Crippen LogP contribution in [0.4, 0.5) is 5.82 Å². The van der Waals surface area contributed by atoms with Crippen molar-refractivity contribution in [3.05, 3.63) is 47.4 Å². The second-order valence-corrected chi connectivity index (χ2v) is 7.40. The maximum absolute atomic E-state index is 13.2. The van der Waals surface area contributed by atoms with E-state index in [1.807, 2.05) is 35.2 Å². The van der Waals surface area contributed by atoms with E-state index < -0.39 is 5.97 Å². The number of esters is 1. The minimum atomic E-state index is -0.554. The van der Waals surface area contributed by atoms with Gasteiger partial charge in [0.2, 0.25) is 11.8 Å². The molecule has 8 nitrogen and oxygen atoms in total. The van der Waals surface area contributed by atoms with Crippen molar-refractivity contribution in [3.63, 3.8) is 0 Å². The third-order valence-corrected chi connectivity index (χ3v) is 5.81. The monoisotopic (exact) mass is 379 g/mol. The summed E-state index contributed by atoms with van der Waals surface area (Å²) in [6, 6.07) is 10.1. The van der Waals surface area contributed by atoms with Crippen LogP contribution in [0.25, 0.3) is 0 Å². The van der Waals surface area contributed by atoms with Gasteiger partial charge in [-0.05, 0) is 24.8 Å². The van der Waals surface area contributed by atoms with E-state index in [9.17, 15) is 9.59 Å². The predicted molar refractivity (Wildman–Crippen MR) is 103 cm³/mol. The number of aromatic nitrogens is 2. The van der Waals surface area contributed by atoms with Crippen LogP contribution in [0, 0.1) is 0 Å². The number of carbonyl (C=O) groups is 2. The first-order valence-corrected chi connectivity index (χ1v) is 9.48. The molecule has 0 spiro atoms. The van der Waals surface area contributed by atoms with Gasteiger partial charge in [-0.2, -0.15) is 0 Å². The molecule has 0 unspecified atom stereocenters. The Morgan fingerprint density at radius 1 is 1.25 bits per heavy atom. The molecule has 0 radical (unpaired) electrons. The van der Waals surface area contributed by atoms with Crippen LogP contribution in [0.5, 0.6) is 0 Å². The van der Waals surface area contributed by atoms with Crippen molar-refractivity contribution in [2.24, 2.45) is 4.99 Å². The molecule has 0 bridgehead atoms. The molecule has 144 valence electrons. The maximum atomic E-state index is 13.2. The van der Waals surface area contributed by atoms with E-state index in [0.717, 1.165) is 24.8 Å². The zero-order valence-electron chi connectivity index (χ0n) is 15.8. The van der Waals surface area contributed by atoms with Gasteiger partial charge < -0.3 is 9.30 Å². The van der Waals surface area contributed by atoms with Crippen LogP contribution in [-0.4, -0.2) is 58.5 Å². The molecule has 3 heterocycles. The summed E-state index contributed by atoms with van der Waals surface area (Å²) in [5.74, 6) is 0.534. The van der Waals surface area contributed by atoms with E-state index in [0.29, 0.717) is 24.0 Å². The van der Waals surface area contributed by atoms with Crippen molar-refractivity contribution >= 4 is 23.7 Å². The van der Waals surface area contributed by atoms with Crippen LogP contribution in [0.1, 0.15) is 45.9 Å². The fourth-order valence-electron chi connectivity index (χ4n) is 4.47. The fourth-order valence-corrected chi connectivity index (χ4v) is 4.47. The molecule has 1 amide bonds. The number of nitrogens with zero attached hydrogens (tertiary/aromatic N) is 5. The van der Waals surface area contributed by atoms with Gasteiger partial charge in [-0.3, -0.25) is 14.6 Å². The molecule has 1 fully saturated rings. The van der Waals surface area contributed by atoms with E-state index in [1.165, 1.54) is 7.11 Å². The maximum Gasteiger partial charge on any atom is 0.374 e. The first kappa shape index (κ1) is 17.0. The number of imidazole rings is 1. The number of hydrogen-bond donors (Lipinski definition) is 0. The quantitative estimate of drug-likeness (QED) is 0.761. The molecule has 0 saturated heterocycles. The highest BCUT2D eigenvalue weighted by molar-refractivity contribution is 6.18. The molecule has 2 aliphatic heterocycles. The van der Waals surface area contributed by atoms with Gasteiger partial charge >= 0.3 is 5.97 Å². The number of methoxy groups -OCH3 is 1. The summed E-state index contributed by atoms with van der Waals surface area (Å²) in [4.78, 5) is 38.7. The first-order valence-electron chi connectivity index (χ1n) is 9.48. The largest absolute Gasteiger partial charge is 0.463 e. The molecule has 1 aromatic carbocycles. The Labute approximate surface area is 162 Å². The summed E-state index contributed by atoms with van der Waals surface area (Å²) in [6.45, 7) is 0.363. The van der Waals surface area contributed by atoms with Crippen LogP contribution in [0.2, 0.25) is 0 Å². The van der Waals surface area contributed by atoms with Gasteiger partial charge in [-0.25, -0.2) is 14.8 Å². The van der Waals surface area contributed by atoms with E-state index in [-0.39, 0.29) is 23.8 Å². The highest BCUT2D eigenvalue weighted by atomic mass is 16.5.